The Labute approximate surface area is 76.3 Å². The van der Waals surface area contributed by atoms with Crippen LogP contribution in [0, 0.1) is 12.3 Å². The molecule has 1 rings (SSSR count). The largest absolute Gasteiger partial charge is 0.323 e. The van der Waals surface area contributed by atoms with Gasteiger partial charge < -0.3 is 5.73 Å². The molecule has 64 valence electrons. The molecule has 1 atom stereocenters. The van der Waals surface area contributed by atoms with Crippen LogP contribution < -0.4 is 5.73 Å². The second-order valence-corrected chi connectivity index (χ2v) is 3.09. The molecule has 0 aliphatic rings. The summed E-state index contributed by atoms with van der Waals surface area (Å²) in [7, 11) is 0. The second kappa shape index (κ2) is 4.86. The zero-order chi connectivity index (χ0) is 8.81. The molecule has 2 N–H and O–H groups in total. The van der Waals surface area contributed by atoms with Crippen LogP contribution in [0.15, 0.2) is 6.20 Å². The van der Waals surface area contributed by atoms with Crippen molar-refractivity contribution in [3.63, 3.8) is 0 Å². The minimum atomic E-state index is -0.00269. The molecule has 1 aromatic heterocycles. The molecule has 1 unspecified atom stereocenters. The molecule has 0 aliphatic carbocycles. The monoisotopic (exact) mass is 181 g/mol. The first kappa shape index (κ1) is 9.17. The topological polar surface area (TPSA) is 51.8 Å². The van der Waals surface area contributed by atoms with Crippen LogP contribution in [0.3, 0.4) is 0 Å². The van der Waals surface area contributed by atoms with E-state index < -0.39 is 0 Å². The zero-order valence-electron chi connectivity index (χ0n) is 6.73. The van der Waals surface area contributed by atoms with Gasteiger partial charge in [-0.2, -0.15) is 8.75 Å². The van der Waals surface area contributed by atoms with Gasteiger partial charge in [0, 0.05) is 12.5 Å². The Morgan fingerprint density at radius 3 is 3.17 bits per heavy atom. The summed E-state index contributed by atoms with van der Waals surface area (Å²) in [6, 6.07) is -0.00269. The van der Waals surface area contributed by atoms with Gasteiger partial charge in [-0.3, -0.25) is 0 Å². The van der Waals surface area contributed by atoms with Crippen LogP contribution in [0.1, 0.15) is 31.0 Å². The molecule has 0 amide bonds. The van der Waals surface area contributed by atoms with Gasteiger partial charge in [-0.15, -0.1) is 12.3 Å². The van der Waals surface area contributed by atoms with Crippen molar-refractivity contribution in [2.75, 3.05) is 0 Å². The summed E-state index contributed by atoms with van der Waals surface area (Å²) >= 11 is 1.19. The van der Waals surface area contributed by atoms with Crippen LogP contribution in [-0.4, -0.2) is 8.75 Å². The van der Waals surface area contributed by atoms with E-state index in [-0.39, 0.29) is 6.04 Å². The first-order valence-corrected chi connectivity index (χ1v) is 4.54. The standard InChI is InChI=1S/C8H11N3S/c1-2-3-4-5-7(9)8-6-10-12-11-8/h1,6-7H,3-5,9H2. The maximum absolute atomic E-state index is 5.82. The Bertz CT molecular complexity index is 250. The SMILES string of the molecule is C#CCCCC(N)c1cnsn1. The van der Waals surface area contributed by atoms with Gasteiger partial charge in [-0.1, -0.05) is 0 Å². The van der Waals surface area contributed by atoms with Crippen molar-refractivity contribution in [3.8, 4) is 12.3 Å². The van der Waals surface area contributed by atoms with Gasteiger partial charge >= 0.3 is 0 Å². The fourth-order valence-electron chi connectivity index (χ4n) is 0.907. The van der Waals surface area contributed by atoms with Crippen LogP contribution >= 0.6 is 11.7 Å². The number of unbranched alkanes of at least 4 members (excludes halogenated alkanes) is 1. The highest BCUT2D eigenvalue weighted by atomic mass is 32.1. The van der Waals surface area contributed by atoms with Crippen LogP contribution in [0.2, 0.25) is 0 Å². The van der Waals surface area contributed by atoms with Gasteiger partial charge in [0.15, 0.2) is 0 Å². The number of hydrogen-bond acceptors (Lipinski definition) is 4. The lowest BCUT2D eigenvalue weighted by atomic mass is 10.1. The van der Waals surface area contributed by atoms with Crippen molar-refractivity contribution in [2.24, 2.45) is 5.73 Å². The number of nitrogens with two attached hydrogens (primary N) is 1. The number of terminal acetylenes is 1. The van der Waals surface area contributed by atoms with Gasteiger partial charge in [-0.25, -0.2) is 0 Å². The highest BCUT2D eigenvalue weighted by Gasteiger charge is 2.07. The average Bonchev–Trinajstić information content (AvgIpc) is 2.56. The summed E-state index contributed by atoms with van der Waals surface area (Å²) in [5.74, 6) is 2.58. The van der Waals surface area contributed by atoms with E-state index in [0.717, 1.165) is 25.0 Å². The Hall–Kier alpha value is -0.920. The predicted octanol–water partition coefficient (Wildman–Crippen LogP) is 1.34. The molecule has 0 bridgehead atoms. The summed E-state index contributed by atoms with van der Waals surface area (Å²) in [4.78, 5) is 0. The Balaban J connectivity index is 2.30. The minimum Gasteiger partial charge on any atom is -0.323 e. The number of rotatable bonds is 4. The number of hydrogen-bond donors (Lipinski definition) is 1. The third-order valence-corrected chi connectivity index (χ3v) is 2.09. The molecule has 4 heteroatoms. The van der Waals surface area contributed by atoms with Crippen molar-refractivity contribution in [1.29, 1.82) is 0 Å². The molecular weight excluding hydrogens is 170 g/mol. The zero-order valence-corrected chi connectivity index (χ0v) is 7.55. The van der Waals surface area contributed by atoms with E-state index in [9.17, 15) is 0 Å². The van der Waals surface area contributed by atoms with Gasteiger partial charge in [0.1, 0.15) is 0 Å². The molecule has 0 saturated carbocycles. The van der Waals surface area contributed by atoms with Crippen LogP contribution in [-0.2, 0) is 0 Å². The highest BCUT2D eigenvalue weighted by molar-refractivity contribution is 6.99. The molecule has 0 radical (unpaired) electrons. The van der Waals surface area contributed by atoms with Gasteiger partial charge in [0.25, 0.3) is 0 Å². The normalized spacial score (nSPS) is 12.3. The third kappa shape index (κ3) is 2.61. The number of nitrogens with zero attached hydrogens (tertiary/aromatic N) is 2. The van der Waals surface area contributed by atoms with Gasteiger partial charge in [0.05, 0.1) is 23.6 Å². The fraction of sp³-hybridized carbons (Fsp3) is 0.500. The van der Waals surface area contributed by atoms with Crippen molar-refractivity contribution < 1.29 is 0 Å². The number of aromatic nitrogens is 2. The molecule has 1 heterocycles. The fourth-order valence-corrected chi connectivity index (χ4v) is 1.39. The molecule has 0 saturated heterocycles. The highest BCUT2D eigenvalue weighted by Crippen LogP contribution is 2.13. The molecule has 0 spiro atoms. The van der Waals surface area contributed by atoms with Crippen LogP contribution in [0.5, 0.6) is 0 Å². The van der Waals surface area contributed by atoms with E-state index in [0.29, 0.717) is 0 Å². The molecule has 12 heavy (non-hydrogen) atoms. The maximum atomic E-state index is 5.82. The van der Waals surface area contributed by atoms with E-state index in [2.05, 4.69) is 14.7 Å². The Morgan fingerprint density at radius 1 is 1.75 bits per heavy atom. The first-order chi connectivity index (χ1) is 5.84. The van der Waals surface area contributed by atoms with Gasteiger partial charge in [-0.05, 0) is 12.8 Å². The molecule has 3 nitrogen and oxygen atoms in total. The lowest BCUT2D eigenvalue weighted by molar-refractivity contribution is 0.610. The van der Waals surface area contributed by atoms with Crippen LogP contribution in [0.25, 0.3) is 0 Å². The van der Waals surface area contributed by atoms with E-state index >= 15 is 0 Å². The van der Waals surface area contributed by atoms with Crippen LogP contribution in [0.4, 0.5) is 0 Å². The predicted molar refractivity (Wildman–Crippen MR) is 49.5 cm³/mol. The smallest absolute Gasteiger partial charge is 0.0910 e. The summed E-state index contributed by atoms with van der Waals surface area (Å²) < 4.78 is 7.93. The van der Waals surface area contributed by atoms with Gasteiger partial charge in [0.2, 0.25) is 0 Å². The van der Waals surface area contributed by atoms with E-state index in [1.807, 2.05) is 0 Å². The lowest BCUT2D eigenvalue weighted by Crippen LogP contribution is -2.10. The second-order valence-electron chi connectivity index (χ2n) is 2.54. The van der Waals surface area contributed by atoms with Crippen molar-refractivity contribution >= 4 is 11.7 Å². The van der Waals surface area contributed by atoms with Crippen molar-refractivity contribution in [2.45, 2.75) is 25.3 Å². The molecule has 1 aromatic rings. The summed E-state index contributed by atoms with van der Waals surface area (Å²) in [5, 5.41) is 0. The average molecular weight is 181 g/mol. The third-order valence-electron chi connectivity index (χ3n) is 1.59. The van der Waals surface area contributed by atoms with Crippen molar-refractivity contribution in [3.05, 3.63) is 11.9 Å². The first-order valence-electron chi connectivity index (χ1n) is 3.81. The molecule has 0 fully saturated rings. The Morgan fingerprint density at radius 2 is 2.58 bits per heavy atom. The van der Waals surface area contributed by atoms with Crippen molar-refractivity contribution in [1.82, 2.24) is 8.75 Å². The summed E-state index contributed by atoms with van der Waals surface area (Å²) in [6.45, 7) is 0. The maximum Gasteiger partial charge on any atom is 0.0910 e. The Kier molecular flexibility index (Phi) is 3.71. The van der Waals surface area contributed by atoms with E-state index in [1.165, 1.54) is 11.7 Å². The van der Waals surface area contributed by atoms with E-state index in [1.54, 1.807) is 6.20 Å². The molecular formula is C8H11N3S. The van der Waals surface area contributed by atoms with E-state index in [4.69, 9.17) is 12.2 Å². The summed E-state index contributed by atoms with van der Waals surface area (Å²) in [6.07, 6.45) is 9.45. The molecule has 0 aliphatic heterocycles. The lowest BCUT2D eigenvalue weighted by Gasteiger charge is -2.05. The quantitative estimate of drug-likeness (QED) is 0.563. The summed E-state index contributed by atoms with van der Waals surface area (Å²) in [5.41, 5.74) is 6.69. The molecule has 0 aromatic carbocycles. The minimum absolute atomic E-state index is 0.00269.